The first-order valence-electron chi connectivity index (χ1n) is 8.88. The fourth-order valence-corrected chi connectivity index (χ4v) is 4.18. The molecule has 2 amide bonds. The molecule has 4 atom stereocenters. The minimum Gasteiger partial charge on any atom is -0.379 e. The number of hydrogen-bond donors (Lipinski definition) is 3. The summed E-state index contributed by atoms with van der Waals surface area (Å²) < 4.78 is 5.64. The Morgan fingerprint density at radius 1 is 1.36 bits per heavy atom. The molecule has 3 fully saturated rings. The Morgan fingerprint density at radius 2 is 2.27 bits per heavy atom. The van der Waals surface area contributed by atoms with Crippen LogP contribution < -0.4 is 16.0 Å². The second-order valence-corrected chi connectivity index (χ2v) is 6.77. The first-order chi connectivity index (χ1) is 10.8. The third-order valence-electron chi connectivity index (χ3n) is 5.29. The molecule has 2 saturated heterocycles. The van der Waals surface area contributed by atoms with Crippen LogP contribution in [0.2, 0.25) is 0 Å². The van der Waals surface area contributed by atoms with Crippen molar-refractivity contribution in [2.75, 3.05) is 39.4 Å². The summed E-state index contributed by atoms with van der Waals surface area (Å²) in [5.74, 6) is 0.666. The third kappa shape index (κ3) is 3.73. The van der Waals surface area contributed by atoms with Gasteiger partial charge in [-0.15, -0.1) is 0 Å². The van der Waals surface area contributed by atoms with E-state index < -0.39 is 0 Å². The van der Waals surface area contributed by atoms with Gasteiger partial charge in [-0.2, -0.15) is 0 Å². The number of morpholine rings is 1. The molecule has 0 bridgehead atoms. The fraction of sp³-hybridized carbons (Fsp3) is 0.938. The van der Waals surface area contributed by atoms with Crippen molar-refractivity contribution in [1.29, 1.82) is 0 Å². The number of nitrogens with one attached hydrogen (secondary N) is 3. The molecule has 2 heterocycles. The van der Waals surface area contributed by atoms with Gasteiger partial charge in [-0.25, -0.2) is 4.79 Å². The molecular formula is C16H30N4O2. The van der Waals surface area contributed by atoms with Gasteiger partial charge in [0.1, 0.15) is 0 Å². The first kappa shape index (κ1) is 16.0. The first-order valence-corrected chi connectivity index (χ1v) is 8.88. The fourth-order valence-electron chi connectivity index (χ4n) is 4.18. The number of carbonyl (C=O) groups excluding carboxylic acids is 1. The maximum atomic E-state index is 11.9. The zero-order valence-electron chi connectivity index (χ0n) is 13.6. The number of likely N-dealkylation sites (tertiary alicyclic amines) is 1. The van der Waals surface area contributed by atoms with Crippen LogP contribution in [-0.4, -0.2) is 68.4 Å². The van der Waals surface area contributed by atoms with Gasteiger partial charge >= 0.3 is 6.03 Å². The van der Waals surface area contributed by atoms with E-state index in [0.29, 0.717) is 30.6 Å². The second kappa shape index (κ2) is 7.62. The highest BCUT2D eigenvalue weighted by Gasteiger charge is 2.37. The second-order valence-electron chi connectivity index (χ2n) is 6.77. The van der Waals surface area contributed by atoms with Crippen molar-refractivity contribution >= 4 is 6.03 Å². The highest BCUT2D eigenvalue weighted by Crippen LogP contribution is 2.30. The topological polar surface area (TPSA) is 65.6 Å². The summed E-state index contributed by atoms with van der Waals surface area (Å²) in [5.41, 5.74) is 0. The number of nitrogens with zero attached hydrogens (tertiary/aromatic N) is 1. The van der Waals surface area contributed by atoms with Crippen LogP contribution in [0.4, 0.5) is 4.79 Å². The van der Waals surface area contributed by atoms with E-state index in [4.69, 9.17) is 4.74 Å². The Morgan fingerprint density at radius 3 is 3.05 bits per heavy atom. The summed E-state index contributed by atoms with van der Waals surface area (Å²) in [6.07, 6.45) is 4.90. The van der Waals surface area contributed by atoms with Gasteiger partial charge in [0.15, 0.2) is 0 Å². The van der Waals surface area contributed by atoms with Crippen LogP contribution in [0.25, 0.3) is 0 Å². The Kier molecular flexibility index (Phi) is 5.55. The summed E-state index contributed by atoms with van der Waals surface area (Å²) in [6.45, 7) is 7.03. The lowest BCUT2D eigenvalue weighted by Crippen LogP contribution is -2.53. The molecule has 6 nitrogen and oxygen atoms in total. The van der Waals surface area contributed by atoms with Crippen LogP contribution in [0.5, 0.6) is 0 Å². The molecule has 3 aliphatic rings. The van der Waals surface area contributed by atoms with Crippen LogP contribution in [0, 0.1) is 5.92 Å². The summed E-state index contributed by atoms with van der Waals surface area (Å²) in [5, 5.41) is 10.3. The molecule has 4 unspecified atom stereocenters. The van der Waals surface area contributed by atoms with Crippen molar-refractivity contribution in [3.8, 4) is 0 Å². The highest BCUT2D eigenvalue weighted by molar-refractivity contribution is 5.74. The van der Waals surface area contributed by atoms with Gasteiger partial charge in [0.05, 0.1) is 13.2 Å². The van der Waals surface area contributed by atoms with Gasteiger partial charge in [0, 0.05) is 44.3 Å². The summed E-state index contributed by atoms with van der Waals surface area (Å²) in [7, 11) is 0. The molecule has 0 spiro atoms. The number of carbonyl (C=O) groups is 1. The lowest BCUT2D eigenvalue weighted by Gasteiger charge is -2.34. The lowest BCUT2D eigenvalue weighted by molar-refractivity contribution is 0.0518. The smallest absolute Gasteiger partial charge is 0.317 e. The molecule has 2 aliphatic heterocycles. The molecule has 126 valence electrons. The Labute approximate surface area is 133 Å². The van der Waals surface area contributed by atoms with Gasteiger partial charge in [-0.1, -0.05) is 6.42 Å². The average Bonchev–Trinajstić information content (AvgIpc) is 3.18. The standard InChI is InChI=1S/C16H30N4O2/c1-2-17-16(21)20-8-6-12(10-20)19-14-5-3-4-13(14)15-11-22-9-7-18-15/h12-15,18-19H,2-11H2,1H3,(H,17,21). The number of amides is 2. The molecule has 22 heavy (non-hydrogen) atoms. The molecule has 0 aromatic carbocycles. The molecule has 0 aromatic rings. The maximum absolute atomic E-state index is 11.9. The zero-order chi connectivity index (χ0) is 15.4. The number of hydrogen-bond acceptors (Lipinski definition) is 4. The molecule has 0 radical (unpaired) electrons. The van der Waals surface area contributed by atoms with E-state index in [0.717, 1.165) is 39.3 Å². The van der Waals surface area contributed by atoms with E-state index in [2.05, 4.69) is 16.0 Å². The van der Waals surface area contributed by atoms with Crippen molar-refractivity contribution in [3.63, 3.8) is 0 Å². The van der Waals surface area contributed by atoms with Crippen molar-refractivity contribution in [2.45, 2.75) is 50.7 Å². The van der Waals surface area contributed by atoms with Crippen LogP contribution in [0.3, 0.4) is 0 Å². The number of urea groups is 1. The van der Waals surface area contributed by atoms with Crippen molar-refractivity contribution in [3.05, 3.63) is 0 Å². The van der Waals surface area contributed by atoms with Gasteiger partial charge in [-0.05, 0) is 32.1 Å². The quantitative estimate of drug-likeness (QED) is 0.709. The van der Waals surface area contributed by atoms with Crippen molar-refractivity contribution < 1.29 is 9.53 Å². The van der Waals surface area contributed by atoms with Crippen LogP contribution in [0.1, 0.15) is 32.6 Å². The number of rotatable bonds is 4. The molecule has 1 saturated carbocycles. The van der Waals surface area contributed by atoms with E-state index in [1.807, 2.05) is 11.8 Å². The van der Waals surface area contributed by atoms with Gasteiger partial charge < -0.3 is 25.6 Å². The van der Waals surface area contributed by atoms with E-state index in [-0.39, 0.29) is 6.03 Å². The van der Waals surface area contributed by atoms with Crippen LogP contribution >= 0.6 is 0 Å². The van der Waals surface area contributed by atoms with E-state index in [1.54, 1.807) is 0 Å². The lowest BCUT2D eigenvalue weighted by atomic mass is 9.93. The molecule has 1 aliphatic carbocycles. The van der Waals surface area contributed by atoms with Gasteiger partial charge in [0.2, 0.25) is 0 Å². The summed E-state index contributed by atoms with van der Waals surface area (Å²) >= 11 is 0. The predicted molar refractivity (Wildman–Crippen MR) is 85.9 cm³/mol. The van der Waals surface area contributed by atoms with E-state index in [1.165, 1.54) is 19.3 Å². The molecular weight excluding hydrogens is 280 g/mol. The largest absolute Gasteiger partial charge is 0.379 e. The van der Waals surface area contributed by atoms with Crippen molar-refractivity contribution in [2.24, 2.45) is 5.92 Å². The number of ether oxygens (including phenoxy) is 1. The third-order valence-corrected chi connectivity index (χ3v) is 5.29. The van der Waals surface area contributed by atoms with Crippen molar-refractivity contribution in [1.82, 2.24) is 20.9 Å². The van der Waals surface area contributed by atoms with Gasteiger partial charge in [-0.3, -0.25) is 0 Å². The summed E-state index contributed by atoms with van der Waals surface area (Å²) in [6, 6.07) is 1.59. The SMILES string of the molecule is CCNC(=O)N1CCC(NC2CCCC2C2COCCN2)C1. The maximum Gasteiger partial charge on any atom is 0.317 e. The average molecular weight is 310 g/mol. The predicted octanol–water partition coefficient (Wildman–Crippen LogP) is 0.537. The molecule has 0 aromatic heterocycles. The Balaban J connectivity index is 1.49. The minimum absolute atomic E-state index is 0.0807. The molecule has 6 heteroatoms. The monoisotopic (exact) mass is 310 g/mol. The molecule has 3 N–H and O–H groups in total. The summed E-state index contributed by atoms with van der Waals surface area (Å²) in [4.78, 5) is 13.8. The minimum atomic E-state index is 0.0807. The molecule has 3 rings (SSSR count). The van der Waals surface area contributed by atoms with E-state index in [9.17, 15) is 4.79 Å². The van der Waals surface area contributed by atoms with Gasteiger partial charge in [0.25, 0.3) is 0 Å². The van der Waals surface area contributed by atoms with Crippen LogP contribution in [-0.2, 0) is 4.74 Å². The Hall–Kier alpha value is -0.850. The van der Waals surface area contributed by atoms with E-state index >= 15 is 0 Å². The zero-order valence-corrected chi connectivity index (χ0v) is 13.6. The normalized spacial score (nSPS) is 35.8. The highest BCUT2D eigenvalue weighted by atomic mass is 16.5. The van der Waals surface area contributed by atoms with Crippen LogP contribution in [0.15, 0.2) is 0 Å². The Bertz CT molecular complexity index is 373.